The molecule has 0 radical (unpaired) electrons. The molecule has 3 heteroatoms. The predicted octanol–water partition coefficient (Wildman–Crippen LogP) is 9.00. The van der Waals surface area contributed by atoms with Crippen LogP contribution in [0.15, 0.2) is 30.3 Å². The Morgan fingerprint density at radius 3 is 2.37 bits per heavy atom. The van der Waals surface area contributed by atoms with E-state index < -0.39 is 0 Å². The fraction of sp³-hybridized carbons (Fsp3) is 0.630. The van der Waals surface area contributed by atoms with Crippen LogP contribution in [-0.2, 0) is 0 Å². The van der Waals surface area contributed by atoms with E-state index in [1.54, 1.807) is 0 Å². The summed E-state index contributed by atoms with van der Waals surface area (Å²) in [7, 11) is 0. The maximum Gasteiger partial charge on any atom is 0.123 e. The summed E-state index contributed by atoms with van der Waals surface area (Å²) < 4.78 is 12.4. The van der Waals surface area contributed by atoms with E-state index in [0.717, 1.165) is 42.7 Å². The highest BCUT2D eigenvalue weighted by molar-refractivity contribution is 9.09. The quantitative estimate of drug-likeness (QED) is 0.177. The Balaban J connectivity index is 1.87. The molecule has 2 rings (SSSR count). The van der Waals surface area contributed by atoms with Gasteiger partial charge in [-0.2, -0.15) is 0 Å². The van der Waals surface area contributed by atoms with Crippen molar-refractivity contribution in [3.8, 4) is 11.5 Å². The molecular formula is C27H41BrO2. The number of halogens is 1. The van der Waals surface area contributed by atoms with Crippen molar-refractivity contribution < 1.29 is 9.47 Å². The second-order valence-electron chi connectivity index (χ2n) is 8.37. The Hall–Kier alpha value is -1.22. The van der Waals surface area contributed by atoms with Gasteiger partial charge in [0.2, 0.25) is 0 Å². The Morgan fingerprint density at radius 2 is 1.63 bits per heavy atom. The minimum absolute atomic E-state index is 0.315. The number of ether oxygens (including phenoxy) is 2. The number of unbranched alkanes of at least 4 members (excludes halogenated alkanes) is 7. The standard InChI is InChI=1S/C27H41BrO2/c1-4-6-11-14-24(5-2)30-27-18-15-23-21-25(16-17-26(23)22(27)3)29-20-13-10-8-7-9-12-19-28/h15-18,21,24H,4-14,19-20H2,1-3H3. The number of alkyl halides is 1. The van der Waals surface area contributed by atoms with Gasteiger partial charge in [-0.25, -0.2) is 0 Å². The third-order valence-electron chi connectivity index (χ3n) is 5.89. The summed E-state index contributed by atoms with van der Waals surface area (Å²) >= 11 is 3.49. The van der Waals surface area contributed by atoms with Gasteiger partial charge in [0.05, 0.1) is 12.7 Å². The molecule has 30 heavy (non-hydrogen) atoms. The van der Waals surface area contributed by atoms with E-state index in [4.69, 9.17) is 9.47 Å². The van der Waals surface area contributed by atoms with Gasteiger partial charge in [0.15, 0.2) is 0 Å². The second-order valence-corrected chi connectivity index (χ2v) is 9.17. The highest BCUT2D eigenvalue weighted by Crippen LogP contribution is 2.31. The van der Waals surface area contributed by atoms with Crippen molar-refractivity contribution in [3.05, 3.63) is 35.9 Å². The van der Waals surface area contributed by atoms with Crippen LogP contribution in [-0.4, -0.2) is 18.0 Å². The maximum absolute atomic E-state index is 6.37. The highest BCUT2D eigenvalue weighted by Gasteiger charge is 2.12. The van der Waals surface area contributed by atoms with Gasteiger partial charge in [-0.05, 0) is 73.6 Å². The first kappa shape index (κ1) is 25.0. The zero-order valence-electron chi connectivity index (χ0n) is 19.4. The molecule has 0 saturated heterocycles. The summed E-state index contributed by atoms with van der Waals surface area (Å²) in [6.07, 6.45) is 14.0. The van der Waals surface area contributed by atoms with E-state index in [2.05, 4.69) is 67.0 Å². The van der Waals surface area contributed by atoms with Crippen LogP contribution in [0.3, 0.4) is 0 Å². The number of hydrogen-bond donors (Lipinski definition) is 0. The molecule has 2 aromatic carbocycles. The molecule has 0 fully saturated rings. The van der Waals surface area contributed by atoms with E-state index in [-0.39, 0.29) is 0 Å². The molecule has 0 aliphatic heterocycles. The van der Waals surface area contributed by atoms with Crippen molar-refractivity contribution >= 4 is 26.7 Å². The number of hydrogen-bond acceptors (Lipinski definition) is 2. The van der Waals surface area contributed by atoms with Crippen LogP contribution < -0.4 is 9.47 Å². The summed E-state index contributed by atoms with van der Waals surface area (Å²) in [6.45, 7) is 7.45. The lowest BCUT2D eigenvalue weighted by atomic mass is 10.0. The number of rotatable bonds is 16. The lowest BCUT2D eigenvalue weighted by molar-refractivity contribution is 0.182. The van der Waals surface area contributed by atoms with Crippen molar-refractivity contribution in [2.45, 2.75) is 97.5 Å². The highest BCUT2D eigenvalue weighted by atomic mass is 79.9. The molecule has 0 bridgehead atoms. The van der Waals surface area contributed by atoms with Gasteiger partial charge >= 0.3 is 0 Å². The number of aryl methyl sites for hydroxylation is 1. The Morgan fingerprint density at radius 1 is 0.867 bits per heavy atom. The molecule has 0 aliphatic carbocycles. The average Bonchev–Trinajstić information content (AvgIpc) is 2.76. The van der Waals surface area contributed by atoms with E-state index in [1.807, 2.05) is 0 Å². The summed E-state index contributed by atoms with van der Waals surface area (Å²) in [5.74, 6) is 2.00. The molecule has 0 aromatic heterocycles. The summed E-state index contributed by atoms with van der Waals surface area (Å²) in [6, 6.07) is 10.8. The fourth-order valence-electron chi connectivity index (χ4n) is 3.90. The van der Waals surface area contributed by atoms with Crippen molar-refractivity contribution in [2.75, 3.05) is 11.9 Å². The molecule has 2 nitrogen and oxygen atoms in total. The molecule has 0 amide bonds. The molecule has 0 aliphatic rings. The third kappa shape index (κ3) is 8.49. The zero-order chi connectivity index (χ0) is 21.6. The minimum Gasteiger partial charge on any atom is -0.494 e. The molecule has 0 spiro atoms. The molecule has 1 unspecified atom stereocenters. The van der Waals surface area contributed by atoms with Gasteiger partial charge in [-0.15, -0.1) is 0 Å². The van der Waals surface area contributed by atoms with Gasteiger partial charge in [-0.1, -0.05) is 80.4 Å². The van der Waals surface area contributed by atoms with Gasteiger partial charge < -0.3 is 9.47 Å². The maximum atomic E-state index is 6.37. The van der Waals surface area contributed by atoms with Gasteiger partial charge in [0.25, 0.3) is 0 Å². The number of benzene rings is 2. The van der Waals surface area contributed by atoms with Crippen molar-refractivity contribution in [2.24, 2.45) is 0 Å². The van der Waals surface area contributed by atoms with Crippen molar-refractivity contribution in [3.63, 3.8) is 0 Å². The third-order valence-corrected chi connectivity index (χ3v) is 6.45. The molecule has 2 aromatic rings. The molecular weight excluding hydrogens is 436 g/mol. The average molecular weight is 478 g/mol. The van der Waals surface area contributed by atoms with E-state index in [1.165, 1.54) is 67.7 Å². The van der Waals surface area contributed by atoms with E-state index in [9.17, 15) is 0 Å². The first-order chi connectivity index (χ1) is 14.7. The first-order valence-electron chi connectivity index (χ1n) is 12.1. The largest absolute Gasteiger partial charge is 0.494 e. The second kappa shape index (κ2) is 14.7. The van der Waals surface area contributed by atoms with Crippen LogP contribution in [0, 0.1) is 6.92 Å². The number of fused-ring (bicyclic) bond motifs is 1. The topological polar surface area (TPSA) is 18.5 Å². The monoisotopic (exact) mass is 476 g/mol. The van der Waals surface area contributed by atoms with Gasteiger partial charge in [0, 0.05) is 5.33 Å². The predicted molar refractivity (Wildman–Crippen MR) is 135 cm³/mol. The lowest BCUT2D eigenvalue weighted by Crippen LogP contribution is -2.15. The lowest BCUT2D eigenvalue weighted by Gasteiger charge is -2.20. The minimum atomic E-state index is 0.315. The summed E-state index contributed by atoms with van der Waals surface area (Å²) in [4.78, 5) is 0. The van der Waals surface area contributed by atoms with Crippen LogP contribution in [0.25, 0.3) is 10.8 Å². The Bertz CT molecular complexity index is 728. The SMILES string of the molecule is CCCCCC(CC)Oc1ccc2cc(OCCCCCCCCBr)ccc2c1C. The van der Waals surface area contributed by atoms with Crippen molar-refractivity contribution in [1.29, 1.82) is 0 Å². The molecule has 0 N–H and O–H groups in total. The normalized spacial score (nSPS) is 12.3. The van der Waals surface area contributed by atoms with E-state index >= 15 is 0 Å². The van der Waals surface area contributed by atoms with Crippen LogP contribution in [0.4, 0.5) is 0 Å². The van der Waals surface area contributed by atoms with E-state index in [0.29, 0.717) is 6.10 Å². The molecule has 0 heterocycles. The fourth-order valence-corrected chi connectivity index (χ4v) is 4.30. The molecule has 168 valence electrons. The van der Waals surface area contributed by atoms with Crippen LogP contribution >= 0.6 is 15.9 Å². The Kier molecular flexibility index (Phi) is 12.3. The summed E-state index contributed by atoms with van der Waals surface area (Å²) in [5, 5.41) is 3.62. The van der Waals surface area contributed by atoms with Gasteiger partial charge in [-0.3, -0.25) is 0 Å². The van der Waals surface area contributed by atoms with Crippen LogP contribution in [0.1, 0.15) is 90.0 Å². The van der Waals surface area contributed by atoms with Crippen LogP contribution in [0.5, 0.6) is 11.5 Å². The zero-order valence-corrected chi connectivity index (χ0v) is 20.9. The molecule has 1 atom stereocenters. The first-order valence-corrected chi connectivity index (χ1v) is 13.2. The smallest absolute Gasteiger partial charge is 0.123 e. The van der Waals surface area contributed by atoms with Crippen molar-refractivity contribution in [1.82, 2.24) is 0 Å². The van der Waals surface area contributed by atoms with Gasteiger partial charge in [0.1, 0.15) is 11.5 Å². The molecule has 0 saturated carbocycles. The Labute approximate surface area is 192 Å². The van der Waals surface area contributed by atoms with Crippen LogP contribution in [0.2, 0.25) is 0 Å². The summed E-state index contributed by atoms with van der Waals surface area (Å²) in [5.41, 5.74) is 1.23.